The third-order valence-corrected chi connectivity index (χ3v) is 2.18. The normalized spacial score (nSPS) is 10.1. The number of aromatic nitrogens is 2. The highest BCUT2D eigenvalue weighted by Crippen LogP contribution is 2.25. The van der Waals surface area contributed by atoms with E-state index >= 15 is 0 Å². The van der Waals surface area contributed by atoms with Gasteiger partial charge in [0.2, 0.25) is 0 Å². The largest absolute Gasteiger partial charge is 0.478 e. The standard InChI is InChI=1S/C10H7N3O4/c14-10(15)7-3-1-4-8(13(16)17)9(7)12-6-2-5-11-12/h1-6H,(H,14,15). The van der Waals surface area contributed by atoms with E-state index in [-0.39, 0.29) is 16.9 Å². The zero-order chi connectivity index (χ0) is 12.4. The minimum absolute atomic E-state index is 0.0463. The van der Waals surface area contributed by atoms with Crippen LogP contribution in [0.1, 0.15) is 10.4 Å². The smallest absolute Gasteiger partial charge is 0.338 e. The first kappa shape index (κ1) is 10.8. The quantitative estimate of drug-likeness (QED) is 0.639. The molecule has 0 unspecified atom stereocenters. The molecule has 7 heteroatoms. The fourth-order valence-electron chi connectivity index (χ4n) is 1.49. The minimum atomic E-state index is -1.24. The van der Waals surface area contributed by atoms with E-state index < -0.39 is 10.9 Å². The van der Waals surface area contributed by atoms with Gasteiger partial charge in [-0.1, -0.05) is 6.07 Å². The van der Waals surface area contributed by atoms with Crippen LogP contribution in [0.2, 0.25) is 0 Å². The molecule has 17 heavy (non-hydrogen) atoms. The van der Waals surface area contributed by atoms with E-state index in [2.05, 4.69) is 5.10 Å². The van der Waals surface area contributed by atoms with E-state index in [0.29, 0.717) is 0 Å². The number of aromatic carboxylic acids is 1. The molecule has 1 heterocycles. The van der Waals surface area contributed by atoms with Crippen LogP contribution in [0.5, 0.6) is 0 Å². The highest BCUT2D eigenvalue weighted by molar-refractivity contribution is 5.93. The van der Waals surface area contributed by atoms with Crippen LogP contribution in [0.3, 0.4) is 0 Å². The Balaban J connectivity index is 2.76. The first-order valence-corrected chi connectivity index (χ1v) is 4.62. The molecule has 0 aliphatic carbocycles. The lowest BCUT2D eigenvalue weighted by Gasteiger charge is -2.06. The van der Waals surface area contributed by atoms with Crippen LogP contribution in [0.25, 0.3) is 5.69 Å². The topological polar surface area (TPSA) is 98.3 Å². The number of rotatable bonds is 3. The van der Waals surface area contributed by atoms with Crippen molar-refractivity contribution >= 4 is 11.7 Å². The molecule has 2 aromatic rings. The number of nitrogens with zero attached hydrogens (tertiary/aromatic N) is 3. The van der Waals surface area contributed by atoms with Gasteiger partial charge in [-0.2, -0.15) is 5.10 Å². The van der Waals surface area contributed by atoms with Gasteiger partial charge in [-0.25, -0.2) is 9.48 Å². The van der Waals surface area contributed by atoms with Crippen LogP contribution < -0.4 is 0 Å². The van der Waals surface area contributed by atoms with Gasteiger partial charge in [0.05, 0.1) is 10.5 Å². The van der Waals surface area contributed by atoms with Gasteiger partial charge < -0.3 is 5.11 Å². The molecule has 0 saturated carbocycles. The van der Waals surface area contributed by atoms with Crippen LogP contribution in [-0.4, -0.2) is 25.8 Å². The Morgan fingerprint density at radius 3 is 2.71 bits per heavy atom. The molecule has 86 valence electrons. The van der Waals surface area contributed by atoms with Crippen molar-refractivity contribution in [1.82, 2.24) is 9.78 Å². The predicted molar refractivity (Wildman–Crippen MR) is 57.2 cm³/mol. The lowest BCUT2D eigenvalue weighted by molar-refractivity contribution is -0.384. The maximum absolute atomic E-state index is 11.0. The first-order chi connectivity index (χ1) is 8.11. The Hall–Kier alpha value is -2.70. The molecule has 1 N–H and O–H groups in total. The van der Waals surface area contributed by atoms with Crippen LogP contribution >= 0.6 is 0 Å². The third kappa shape index (κ3) is 1.85. The highest BCUT2D eigenvalue weighted by atomic mass is 16.6. The van der Waals surface area contributed by atoms with Gasteiger partial charge >= 0.3 is 5.97 Å². The molecule has 0 spiro atoms. The van der Waals surface area contributed by atoms with Gasteiger partial charge in [-0.3, -0.25) is 10.1 Å². The van der Waals surface area contributed by atoms with Crippen LogP contribution in [-0.2, 0) is 0 Å². The Morgan fingerprint density at radius 2 is 2.18 bits per heavy atom. The molecule has 0 aliphatic heterocycles. The molecule has 2 rings (SSSR count). The predicted octanol–water partition coefficient (Wildman–Crippen LogP) is 1.48. The van der Waals surface area contributed by atoms with Gasteiger partial charge in [0.15, 0.2) is 5.69 Å². The number of hydrogen-bond acceptors (Lipinski definition) is 4. The number of para-hydroxylation sites is 1. The monoisotopic (exact) mass is 233 g/mol. The second-order valence-corrected chi connectivity index (χ2v) is 3.19. The molecule has 0 amide bonds. The van der Waals surface area contributed by atoms with Crippen molar-refractivity contribution in [1.29, 1.82) is 0 Å². The van der Waals surface area contributed by atoms with Crippen molar-refractivity contribution in [2.75, 3.05) is 0 Å². The summed E-state index contributed by atoms with van der Waals surface area (Å²) >= 11 is 0. The average Bonchev–Trinajstić information content (AvgIpc) is 2.80. The van der Waals surface area contributed by atoms with Gasteiger partial charge in [0.25, 0.3) is 5.69 Å². The zero-order valence-corrected chi connectivity index (χ0v) is 8.48. The summed E-state index contributed by atoms with van der Waals surface area (Å²) < 4.78 is 1.17. The van der Waals surface area contributed by atoms with Gasteiger partial charge in [-0.15, -0.1) is 0 Å². The fourth-order valence-corrected chi connectivity index (χ4v) is 1.49. The number of nitro benzene ring substituents is 1. The molecule has 1 aromatic heterocycles. The van der Waals surface area contributed by atoms with Gasteiger partial charge in [0, 0.05) is 18.5 Å². The molecule has 7 nitrogen and oxygen atoms in total. The van der Waals surface area contributed by atoms with Crippen molar-refractivity contribution in [2.24, 2.45) is 0 Å². The lowest BCUT2D eigenvalue weighted by atomic mass is 10.1. The number of hydrogen-bond donors (Lipinski definition) is 1. The summed E-state index contributed by atoms with van der Waals surface area (Å²) in [7, 11) is 0. The molecule has 0 atom stereocenters. The van der Waals surface area contributed by atoms with Crippen molar-refractivity contribution < 1.29 is 14.8 Å². The van der Waals surface area contributed by atoms with Crippen molar-refractivity contribution in [3.05, 3.63) is 52.3 Å². The third-order valence-electron chi connectivity index (χ3n) is 2.18. The van der Waals surface area contributed by atoms with Gasteiger partial charge in [-0.05, 0) is 12.1 Å². The number of benzene rings is 1. The maximum Gasteiger partial charge on any atom is 0.338 e. The summed E-state index contributed by atoms with van der Waals surface area (Å²) in [6.07, 6.45) is 2.87. The minimum Gasteiger partial charge on any atom is -0.478 e. The van der Waals surface area contributed by atoms with Crippen molar-refractivity contribution in [3.8, 4) is 5.69 Å². The fraction of sp³-hybridized carbons (Fsp3) is 0. The first-order valence-electron chi connectivity index (χ1n) is 4.62. The van der Waals surface area contributed by atoms with E-state index in [0.717, 1.165) is 0 Å². The summed E-state index contributed by atoms with van der Waals surface area (Å²) in [5, 5.41) is 23.7. The number of carboxylic acid groups (broad SMARTS) is 1. The SMILES string of the molecule is O=C(O)c1cccc([N+](=O)[O-])c1-n1cccn1. The summed E-state index contributed by atoms with van der Waals surface area (Å²) in [6, 6.07) is 5.42. The van der Waals surface area contributed by atoms with E-state index in [1.807, 2.05) is 0 Å². The van der Waals surface area contributed by atoms with Crippen molar-refractivity contribution in [3.63, 3.8) is 0 Å². The van der Waals surface area contributed by atoms with E-state index in [1.165, 1.54) is 35.3 Å². The summed E-state index contributed by atoms with van der Waals surface area (Å²) in [5.74, 6) is -1.24. The second-order valence-electron chi connectivity index (χ2n) is 3.19. The number of nitro groups is 1. The molecule has 0 saturated heterocycles. The highest BCUT2D eigenvalue weighted by Gasteiger charge is 2.22. The molecular formula is C10H7N3O4. The molecule has 0 aliphatic rings. The average molecular weight is 233 g/mol. The van der Waals surface area contributed by atoms with Crippen LogP contribution in [0.4, 0.5) is 5.69 Å². The van der Waals surface area contributed by atoms with E-state index in [9.17, 15) is 14.9 Å². The molecule has 1 aromatic carbocycles. The van der Waals surface area contributed by atoms with Crippen LogP contribution in [0.15, 0.2) is 36.7 Å². The Labute approximate surface area is 95.1 Å². The second kappa shape index (κ2) is 4.05. The summed E-state index contributed by atoms with van der Waals surface area (Å²) in [6.45, 7) is 0. The Morgan fingerprint density at radius 1 is 1.41 bits per heavy atom. The summed E-state index contributed by atoms with van der Waals surface area (Å²) in [5.41, 5.74) is -0.508. The molecule has 0 fully saturated rings. The number of carboxylic acids is 1. The van der Waals surface area contributed by atoms with Crippen LogP contribution in [0, 0.1) is 10.1 Å². The van der Waals surface area contributed by atoms with E-state index in [1.54, 1.807) is 6.07 Å². The van der Waals surface area contributed by atoms with E-state index in [4.69, 9.17) is 5.11 Å². The lowest BCUT2D eigenvalue weighted by Crippen LogP contribution is -2.08. The molecule has 0 radical (unpaired) electrons. The molecule has 0 bridgehead atoms. The van der Waals surface area contributed by atoms with Crippen molar-refractivity contribution in [2.45, 2.75) is 0 Å². The van der Waals surface area contributed by atoms with Gasteiger partial charge in [0.1, 0.15) is 0 Å². The Kier molecular flexibility index (Phi) is 2.57. The summed E-state index contributed by atoms with van der Waals surface area (Å²) in [4.78, 5) is 21.3. The zero-order valence-electron chi connectivity index (χ0n) is 8.48. The Bertz CT molecular complexity index is 545. The number of carbonyl (C=O) groups is 1. The maximum atomic E-state index is 11.0. The molecular weight excluding hydrogens is 226 g/mol.